The van der Waals surface area contributed by atoms with Crippen LogP contribution in [0.1, 0.15) is 0 Å². The largest absolute Gasteiger partial charge is 0.383 e. The molecule has 1 aromatic heterocycles. The fourth-order valence-corrected chi connectivity index (χ4v) is 1.93. The van der Waals surface area contributed by atoms with Crippen LogP contribution in [0.5, 0.6) is 0 Å². The molecule has 2 rings (SSSR count). The zero-order chi connectivity index (χ0) is 12.8. The van der Waals surface area contributed by atoms with E-state index in [9.17, 15) is 0 Å². The Kier molecular flexibility index (Phi) is 4.56. The topological polar surface area (TPSA) is 37.0 Å². The SMILES string of the molecule is C=CCNCCNc1ccnc2cc(Cl)ccc12. The molecule has 0 amide bonds. The number of pyridine rings is 1. The fourth-order valence-electron chi connectivity index (χ4n) is 1.77. The highest BCUT2D eigenvalue weighted by atomic mass is 35.5. The highest BCUT2D eigenvalue weighted by Crippen LogP contribution is 2.23. The molecule has 0 saturated heterocycles. The van der Waals surface area contributed by atoms with E-state index in [4.69, 9.17) is 11.6 Å². The van der Waals surface area contributed by atoms with Gasteiger partial charge in [0.05, 0.1) is 5.52 Å². The lowest BCUT2D eigenvalue weighted by Crippen LogP contribution is -2.22. The Hall–Kier alpha value is -1.58. The van der Waals surface area contributed by atoms with Crippen LogP contribution in [-0.2, 0) is 0 Å². The Morgan fingerprint density at radius 1 is 1.28 bits per heavy atom. The molecule has 0 spiro atoms. The quantitative estimate of drug-likeness (QED) is 0.620. The number of nitrogens with zero attached hydrogens (tertiary/aromatic N) is 1. The summed E-state index contributed by atoms with van der Waals surface area (Å²) in [7, 11) is 0. The highest BCUT2D eigenvalue weighted by molar-refractivity contribution is 6.31. The van der Waals surface area contributed by atoms with Gasteiger partial charge in [-0.15, -0.1) is 6.58 Å². The fraction of sp³-hybridized carbons (Fsp3) is 0.214. The van der Waals surface area contributed by atoms with Gasteiger partial charge >= 0.3 is 0 Å². The summed E-state index contributed by atoms with van der Waals surface area (Å²) in [6, 6.07) is 7.72. The minimum Gasteiger partial charge on any atom is -0.383 e. The number of halogens is 1. The van der Waals surface area contributed by atoms with Gasteiger partial charge in [-0.1, -0.05) is 17.7 Å². The first-order chi connectivity index (χ1) is 8.81. The number of nitrogens with one attached hydrogen (secondary N) is 2. The van der Waals surface area contributed by atoms with Crippen molar-refractivity contribution in [3.63, 3.8) is 0 Å². The Morgan fingerprint density at radius 3 is 3.00 bits per heavy atom. The lowest BCUT2D eigenvalue weighted by atomic mass is 10.2. The van der Waals surface area contributed by atoms with E-state index in [0.29, 0.717) is 5.02 Å². The molecule has 0 aliphatic rings. The van der Waals surface area contributed by atoms with E-state index in [-0.39, 0.29) is 0 Å². The molecule has 94 valence electrons. The second-order valence-corrected chi connectivity index (χ2v) is 4.38. The van der Waals surface area contributed by atoms with Gasteiger partial charge in [0.2, 0.25) is 0 Å². The number of aromatic nitrogens is 1. The summed E-state index contributed by atoms with van der Waals surface area (Å²) in [5, 5.41) is 8.43. The summed E-state index contributed by atoms with van der Waals surface area (Å²) in [4.78, 5) is 4.31. The second-order valence-electron chi connectivity index (χ2n) is 3.94. The second kappa shape index (κ2) is 6.38. The standard InChI is InChI=1S/C14H16ClN3/c1-2-6-16-8-9-18-13-5-7-17-14-10-11(15)3-4-12(13)14/h2-5,7,10,16H,1,6,8-9H2,(H,17,18). The number of benzene rings is 1. The van der Waals surface area contributed by atoms with Gasteiger partial charge in [-0.2, -0.15) is 0 Å². The van der Waals surface area contributed by atoms with E-state index in [1.165, 1.54) is 0 Å². The number of rotatable bonds is 6. The molecule has 0 aliphatic carbocycles. The van der Waals surface area contributed by atoms with Crippen molar-refractivity contribution in [3.05, 3.63) is 48.1 Å². The molecular weight excluding hydrogens is 246 g/mol. The van der Waals surface area contributed by atoms with Crippen LogP contribution in [0.2, 0.25) is 5.02 Å². The highest BCUT2D eigenvalue weighted by Gasteiger charge is 2.01. The van der Waals surface area contributed by atoms with Gasteiger partial charge in [0.15, 0.2) is 0 Å². The maximum atomic E-state index is 5.95. The Labute approximate surface area is 112 Å². The third-order valence-electron chi connectivity index (χ3n) is 2.61. The molecule has 0 radical (unpaired) electrons. The van der Waals surface area contributed by atoms with Gasteiger partial charge in [-0.3, -0.25) is 4.98 Å². The van der Waals surface area contributed by atoms with Crippen molar-refractivity contribution >= 4 is 28.2 Å². The molecule has 0 saturated carbocycles. The van der Waals surface area contributed by atoms with Crippen molar-refractivity contribution in [1.29, 1.82) is 0 Å². The molecule has 0 aliphatic heterocycles. The summed E-state index contributed by atoms with van der Waals surface area (Å²) in [6.45, 7) is 6.24. The number of anilines is 1. The van der Waals surface area contributed by atoms with Crippen LogP contribution in [0.25, 0.3) is 10.9 Å². The maximum absolute atomic E-state index is 5.95. The van der Waals surface area contributed by atoms with Gasteiger partial charge in [-0.25, -0.2) is 0 Å². The van der Waals surface area contributed by atoms with Crippen LogP contribution in [0, 0.1) is 0 Å². The minimum absolute atomic E-state index is 0.708. The van der Waals surface area contributed by atoms with Crippen molar-refractivity contribution in [3.8, 4) is 0 Å². The minimum atomic E-state index is 0.708. The summed E-state index contributed by atoms with van der Waals surface area (Å²) in [5.74, 6) is 0. The molecule has 0 atom stereocenters. The summed E-state index contributed by atoms with van der Waals surface area (Å²) >= 11 is 5.95. The summed E-state index contributed by atoms with van der Waals surface area (Å²) in [6.07, 6.45) is 3.64. The predicted octanol–water partition coefficient (Wildman–Crippen LogP) is 3.08. The maximum Gasteiger partial charge on any atom is 0.0737 e. The van der Waals surface area contributed by atoms with Gasteiger partial charge in [-0.05, 0) is 24.3 Å². The average molecular weight is 262 g/mol. The van der Waals surface area contributed by atoms with E-state index in [0.717, 1.165) is 36.2 Å². The number of hydrogen-bond acceptors (Lipinski definition) is 3. The van der Waals surface area contributed by atoms with Crippen molar-refractivity contribution in [1.82, 2.24) is 10.3 Å². The van der Waals surface area contributed by atoms with E-state index < -0.39 is 0 Å². The molecule has 0 unspecified atom stereocenters. The van der Waals surface area contributed by atoms with Crippen molar-refractivity contribution in [2.24, 2.45) is 0 Å². The first kappa shape index (κ1) is 12.9. The molecule has 2 aromatic rings. The van der Waals surface area contributed by atoms with Gasteiger partial charge in [0.25, 0.3) is 0 Å². The Balaban J connectivity index is 2.06. The van der Waals surface area contributed by atoms with Gasteiger partial charge in [0.1, 0.15) is 0 Å². The smallest absolute Gasteiger partial charge is 0.0737 e. The molecular formula is C14H16ClN3. The first-order valence-corrected chi connectivity index (χ1v) is 6.29. The van der Waals surface area contributed by atoms with E-state index in [2.05, 4.69) is 22.2 Å². The summed E-state index contributed by atoms with van der Waals surface area (Å²) in [5.41, 5.74) is 1.99. The average Bonchev–Trinajstić information content (AvgIpc) is 2.38. The van der Waals surface area contributed by atoms with E-state index >= 15 is 0 Å². The molecule has 18 heavy (non-hydrogen) atoms. The third-order valence-corrected chi connectivity index (χ3v) is 2.85. The predicted molar refractivity (Wildman–Crippen MR) is 78.3 cm³/mol. The van der Waals surface area contributed by atoms with Crippen LogP contribution in [-0.4, -0.2) is 24.6 Å². The molecule has 0 bridgehead atoms. The number of fused-ring (bicyclic) bond motifs is 1. The van der Waals surface area contributed by atoms with Gasteiger partial charge in [0, 0.05) is 41.9 Å². The zero-order valence-corrected chi connectivity index (χ0v) is 10.9. The monoisotopic (exact) mass is 261 g/mol. The van der Waals surface area contributed by atoms with Crippen molar-refractivity contribution in [2.45, 2.75) is 0 Å². The van der Waals surface area contributed by atoms with Crippen LogP contribution in [0.4, 0.5) is 5.69 Å². The lowest BCUT2D eigenvalue weighted by molar-refractivity contribution is 0.771. The molecule has 1 heterocycles. The van der Waals surface area contributed by atoms with Crippen LogP contribution in [0.3, 0.4) is 0 Å². The van der Waals surface area contributed by atoms with E-state index in [1.807, 2.05) is 30.3 Å². The first-order valence-electron chi connectivity index (χ1n) is 5.91. The molecule has 3 nitrogen and oxygen atoms in total. The van der Waals surface area contributed by atoms with Crippen molar-refractivity contribution < 1.29 is 0 Å². The molecule has 1 aromatic carbocycles. The van der Waals surface area contributed by atoms with Crippen LogP contribution < -0.4 is 10.6 Å². The van der Waals surface area contributed by atoms with Crippen LogP contribution in [0.15, 0.2) is 43.1 Å². The van der Waals surface area contributed by atoms with E-state index in [1.54, 1.807) is 6.20 Å². The zero-order valence-electron chi connectivity index (χ0n) is 10.1. The summed E-state index contributed by atoms with van der Waals surface area (Å²) < 4.78 is 0. The number of hydrogen-bond donors (Lipinski definition) is 2. The Bertz CT molecular complexity index is 540. The van der Waals surface area contributed by atoms with Crippen molar-refractivity contribution in [2.75, 3.05) is 25.0 Å². The molecule has 4 heteroatoms. The van der Waals surface area contributed by atoms with Gasteiger partial charge < -0.3 is 10.6 Å². The Morgan fingerprint density at radius 2 is 2.17 bits per heavy atom. The normalized spacial score (nSPS) is 10.5. The lowest BCUT2D eigenvalue weighted by Gasteiger charge is -2.09. The molecule has 0 fully saturated rings. The molecule has 2 N–H and O–H groups in total. The third kappa shape index (κ3) is 3.22. The van der Waals surface area contributed by atoms with Crippen LogP contribution >= 0.6 is 11.6 Å².